The van der Waals surface area contributed by atoms with Crippen LogP contribution in [0.25, 0.3) is 9.40 Å². The average Bonchev–Trinajstić information content (AvgIpc) is 3.64. The molecule has 5 aromatic rings. The van der Waals surface area contributed by atoms with Gasteiger partial charge in [0.1, 0.15) is 34.5 Å². The van der Waals surface area contributed by atoms with Gasteiger partial charge in [-0.15, -0.1) is 22.7 Å². The number of hydrogen-bond donors (Lipinski definition) is 2. The second kappa shape index (κ2) is 14.7. The summed E-state index contributed by atoms with van der Waals surface area (Å²) in [5, 5.41) is 6.51. The van der Waals surface area contributed by atoms with Crippen LogP contribution in [0.2, 0.25) is 0 Å². The normalized spacial score (nSPS) is 13.5. The Morgan fingerprint density at radius 1 is 0.688 bits per heavy atom. The van der Waals surface area contributed by atoms with E-state index in [-0.39, 0.29) is 51.3 Å². The van der Waals surface area contributed by atoms with Gasteiger partial charge < -0.3 is 29.6 Å². The Kier molecular flexibility index (Phi) is 10.0. The molecule has 12 heteroatoms. The minimum absolute atomic E-state index is 0.106. The molecular weight excluding hydrogens is 653 g/mol. The zero-order valence-electron chi connectivity index (χ0n) is 26.3. The first-order chi connectivity index (χ1) is 23.4. The van der Waals surface area contributed by atoms with Crippen molar-refractivity contribution in [2.75, 3.05) is 13.2 Å². The minimum Gasteiger partial charge on any atom is -0.488 e. The Morgan fingerprint density at radius 2 is 1.15 bits per heavy atom. The molecule has 2 aromatic heterocycles. The quantitative estimate of drug-likeness (QED) is 0.202. The van der Waals surface area contributed by atoms with Crippen molar-refractivity contribution in [3.63, 3.8) is 0 Å². The van der Waals surface area contributed by atoms with Crippen molar-refractivity contribution in [2.24, 2.45) is 0 Å². The number of amides is 2. The molecule has 48 heavy (non-hydrogen) atoms. The molecule has 1 aliphatic rings. The summed E-state index contributed by atoms with van der Waals surface area (Å²) < 4.78 is 24.0. The van der Waals surface area contributed by atoms with Crippen molar-refractivity contribution in [3.05, 3.63) is 116 Å². The number of hydrogen-bond acceptors (Lipinski definition) is 10. The van der Waals surface area contributed by atoms with Crippen LogP contribution < -0.4 is 20.1 Å². The molecule has 6 rings (SSSR count). The molecule has 2 bridgehead atoms. The summed E-state index contributed by atoms with van der Waals surface area (Å²) in [6, 6.07) is 21.3. The summed E-state index contributed by atoms with van der Waals surface area (Å²) in [5.74, 6) is -1.10. The van der Waals surface area contributed by atoms with Gasteiger partial charge in [-0.25, -0.2) is 9.59 Å². The van der Waals surface area contributed by atoms with E-state index < -0.39 is 11.9 Å². The van der Waals surface area contributed by atoms with E-state index in [1.807, 2.05) is 24.3 Å². The van der Waals surface area contributed by atoms with Gasteiger partial charge >= 0.3 is 11.9 Å². The molecule has 0 saturated carbocycles. The highest BCUT2D eigenvalue weighted by Gasteiger charge is 2.30. The van der Waals surface area contributed by atoms with Gasteiger partial charge in [-0.05, 0) is 49.2 Å². The van der Waals surface area contributed by atoms with Crippen LogP contribution in [0.15, 0.2) is 72.8 Å². The molecule has 3 heterocycles. The SMILES string of the molecule is CCOC(=O)c1sc2sc(C(=O)OCC)c3c2c1COc1ccccc1C(=O)NCc1cccc(c1)CNC(=O)c1ccccc1OC3. The Labute approximate surface area is 284 Å². The lowest BCUT2D eigenvalue weighted by atomic mass is 10.1. The van der Waals surface area contributed by atoms with E-state index in [2.05, 4.69) is 10.6 Å². The third kappa shape index (κ3) is 6.90. The maximum Gasteiger partial charge on any atom is 0.348 e. The number of carbonyl (C=O) groups is 4. The number of fused-ring (bicyclic) bond motifs is 4. The Balaban J connectivity index is 1.48. The zero-order chi connectivity index (χ0) is 33.6. The molecular formula is C36H32N2O8S2. The van der Waals surface area contributed by atoms with Crippen LogP contribution >= 0.6 is 22.7 Å². The number of ether oxygens (including phenoxy) is 4. The molecule has 246 valence electrons. The van der Waals surface area contributed by atoms with Crippen molar-refractivity contribution >= 4 is 55.8 Å². The first-order valence-corrected chi connectivity index (χ1v) is 17.0. The highest BCUT2D eigenvalue weighted by Crippen LogP contribution is 2.43. The fourth-order valence-corrected chi connectivity index (χ4v) is 7.94. The van der Waals surface area contributed by atoms with Gasteiger partial charge in [0.2, 0.25) is 0 Å². The number of thiophene rings is 2. The smallest absolute Gasteiger partial charge is 0.348 e. The topological polar surface area (TPSA) is 129 Å². The second-order valence-corrected chi connectivity index (χ2v) is 13.0. The van der Waals surface area contributed by atoms with E-state index >= 15 is 0 Å². The third-order valence-corrected chi connectivity index (χ3v) is 10.1. The van der Waals surface area contributed by atoms with Gasteiger partial charge in [0.15, 0.2) is 0 Å². The molecule has 0 atom stereocenters. The molecule has 0 radical (unpaired) electrons. The number of esters is 2. The van der Waals surface area contributed by atoms with Gasteiger partial charge in [0.25, 0.3) is 11.8 Å². The third-order valence-electron chi connectivity index (χ3n) is 7.57. The van der Waals surface area contributed by atoms with Gasteiger partial charge in [0, 0.05) is 29.6 Å². The monoisotopic (exact) mass is 684 g/mol. The summed E-state index contributed by atoms with van der Waals surface area (Å²) in [6.45, 7) is 4.06. The van der Waals surface area contributed by atoms with E-state index in [1.165, 1.54) is 22.7 Å². The summed E-state index contributed by atoms with van der Waals surface area (Å²) in [7, 11) is 0. The van der Waals surface area contributed by atoms with Crippen LogP contribution in [0, 0.1) is 0 Å². The molecule has 0 saturated heterocycles. The van der Waals surface area contributed by atoms with Crippen molar-refractivity contribution in [1.29, 1.82) is 0 Å². The van der Waals surface area contributed by atoms with Crippen LogP contribution in [-0.2, 0) is 35.8 Å². The lowest BCUT2D eigenvalue weighted by Gasteiger charge is -2.15. The Hall–Kier alpha value is -5.20. The largest absolute Gasteiger partial charge is 0.488 e. The second-order valence-electron chi connectivity index (χ2n) is 10.7. The highest BCUT2D eigenvalue weighted by molar-refractivity contribution is 7.40. The molecule has 0 fully saturated rings. The van der Waals surface area contributed by atoms with E-state index in [4.69, 9.17) is 18.9 Å². The van der Waals surface area contributed by atoms with Crippen molar-refractivity contribution in [1.82, 2.24) is 10.6 Å². The van der Waals surface area contributed by atoms with Gasteiger partial charge in [-0.3, -0.25) is 9.59 Å². The van der Waals surface area contributed by atoms with E-state index in [0.717, 1.165) is 11.1 Å². The molecule has 3 aromatic carbocycles. The van der Waals surface area contributed by atoms with Gasteiger partial charge in [-0.1, -0.05) is 48.5 Å². The van der Waals surface area contributed by atoms with E-state index in [1.54, 1.807) is 62.4 Å². The standard InChI is InChI=1S/C36H32N2O8S2/c1-3-43-34(41)30-25-19-45-27-14-7-5-12-23(27)32(39)37-17-21-10-9-11-22(16-21)18-38-33(40)24-13-6-8-15-28(24)46-20-26-29(25)36(47-30)48-31(26)35(42)44-4-2/h5-16H,3-4,17-20H2,1-2H3,(H,37,39)(H,38,40). The van der Waals surface area contributed by atoms with Crippen molar-refractivity contribution in [3.8, 4) is 11.5 Å². The lowest BCUT2D eigenvalue weighted by molar-refractivity contribution is 0.0520. The number of carbonyl (C=O) groups excluding carboxylic acids is 4. The fourth-order valence-electron chi connectivity index (χ4n) is 5.35. The molecule has 2 amide bonds. The maximum atomic E-state index is 13.4. The lowest BCUT2D eigenvalue weighted by Crippen LogP contribution is -2.25. The van der Waals surface area contributed by atoms with Crippen LogP contribution in [0.4, 0.5) is 0 Å². The van der Waals surface area contributed by atoms with E-state index in [0.29, 0.717) is 52.9 Å². The summed E-state index contributed by atoms with van der Waals surface area (Å²) >= 11 is 2.38. The van der Waals surface area contributed by atoms with Crippen molar-refractivity contribution < 1.29 is 38.1 Å². The molecule has 2 N–H and O–H groups in total. The predicted octanol–water partition coefficient (Wildman–Crippen LogP) is 6.65. The number of benzene rings is 3. The molecule has 10 nitrogen and oxygen atoms in total. The summed E-state index contributed by atoms with van der Waals surface area (Å²) in [6.07, 6.45) is 0. The molecule has 0 unspecified atom stereocenters. The summed E-state index contributed by atoms with van der Waals surface area (Å²) in [4.78, 5) is 53.8. The predicted molar refractivity (Wildman–Crippen MR) is 182 cm³/mol. The zero-order valence-corrected chi connectivity index (χ0v) is 27.9. The minimum atomic E-state index is -0.529. The first kappa shape index (κ1) is 32.7. The Bertz CT molecular complexity index is 1880. The maximum absolute atomic E-state index is 13.4. The number of para-hydroxylation sites is 2. The van der Waals surface area contributed by atoms with Gasteiger partial charge in [-0.2, -0.15) is 0 Å². The van der Waals surface area contributed by atoms with Crippen LogP contribution in [0.3, 0.4) is 0 Å². The summed E-state index contributed by atoms with van der Waals surface area (Å²) in [5.41, 5.74) is 3.33. The Morgan fingerprint density at radius 3 is 1.60 bits per heavy atom. The van der Waals surface area contributed by atoms with Gasteiger partial charge in [0.05, 0.1) is 28.4 Å². The number of nitrogens with one attached hydrogen (secondary N) is 2. The van der Waals surface area contributed by atoms with E-state index in [9.17, 15) is 19.2 Å². The highest BCUT2D eigenvalue weighted by atomic mass is 32.2. The number of rotatable bonds is 4. The molecule has 0 spiro atoms. The van der Waals surface area contributed by atoms with Crippen LogP contribution in [0.5, 0.6) is 11.5 Å². The van der Waals surface area contributed by atoms with Crippen LogP contribution in [0.1, 0.15) is 76.2 Å². The molecule has 1 aliphatic heterocycles. The molecule has 0 aliphatic carbocycles. The average molecular weight is 685 g/mol. The fraction of sp³-hybridized carbons (Fsp3) is 0.222. The van der Waals surface area contributed by atoms with Crippen LogP contribution in [-0.4, -0.2) is 37.0 Å². The van der Waals surface area contributed by atoms with Crippen molar-refractivity contribution in [2.45, 2.75) is 40.2 Å². The first-order valence-electron chi connectivity index (χ1n) is 15.4.